The van der Waals surface area contributed by atoms with Crippen molar-refractivity contribution >= 4 is 39.9 Å². The Morgan fingerprint density at radius 3 is 2.80 bits per heavy atom. The maximum absolute atomic E-state index is 13.0. The Balaban J connectivity index is 1.38. The van der Waals surface area contributed by atoms with Crippen LogP contribution in [0.3, 0.4) is 0 Å². The summed E-state index contributed by atoms with van der Waals surface area (Å²) in [5, 5.41) is 14.1. The number of carboxylic acid groups (broad SMARTS) is 1. The number of halogens is 1. The number of rotatable bonds is 11. The van der Waals surface area contributed by atoms with Crippen LogP contribution in [0, 0.1) is 6.92 Å². The van der Waals surface area contributed by atoms with Crippen LogP contribution < -0.4 is 10.2 Å². The largest absolute Gasteiger partial charge is 0.477 e. The lowest BCUT2D eigenvalue weighted by Gasteiger charge is -2.38. The quantitative estimate of drug-likeness (QED) is 0.233. The number of carbonyl (C=O) groups is 2. The highest BCUT2D eigenvalue weighted by atomic mass is 35.5. The molecule has 4 heterocycles. The average molecular weight is 599 g/mol. The van der Waals surface area contributed by atoms with E-state index >= 15 is 0 Å². The number of thiazole rings is 1. The molecule has 3 aromatic heterocycles. The molecule has 1 amide bonds. The van der Waals surface area contributed by atoms with E-state index in [0.29, 0.717) is 66.6 Å². The van der Waals surface area contributed by atoms with E-state index < -0.39 is 5.97 Å². The first-order valence-electron chi connectivity index (χ1n) is 13.1. The summed E-state index contributed by atoms with van der Waals surface area (Å²) in [4.78, 5) is 39.5. The second-order valence-corrected chi connectivity index (χ2v) is 11.1. The Kier molecular flexibility index (Phi) is 9.03. The fraction of sp³-hybridized carbons (Fsp3) is 0.357. The van der Waals surface area contributed by atoms with Gasteiger partial charge in [-0.25, -0.2) is 14.8 Å². The number of methoxy groups -OCH3 is 1. The number of aromatic carboxylic acids is 1. The first-order valence-corrected chi connectivity index (χ1v) is 14.3. The standard InChI is InChI=1S/C28H31ClN6O5S/c1-17-19(29)14-21(31-17)26(36)32-20-8-10-35(15-22(20)40-16-18-6-4-3-5-7-18)28-33-23(24(41-28)27(37)38)25-30-9-11-34(25)12-13-39-2/h3-7,9,11,14,20,22,31H,8,10,12-13,15-16H2,1-2H3,(H,32,36)(H,37,38)/t20-,22+/m1/s1. The van der Waals surface area contributed by atoms with E-state index in [1.807, 2.05) is 39.8 Å². The summed E-state index contributed by atoms with van der Waals surface area (Å²) < 4.78 is 13.4. The minimum Gasteiger partial charge on any atom is -0.477 e. The van der Waals surface area contributed by atoms with Crippen LogP contribution in [0.1, 0.15) is 37.8 Å². The number of anilines is 1. The lowest BCUT2D eigenvalue weighted by molar-refractivity contribution is 0.00967. The maximum atomic E-state index is 13.0. The number of aromatic nitrogens is 4. The van der Waals surface area contributed by atoms with Crippen LogP contribution in [-0.4, -0.2) is 75.5 Å². The number of amides is 1. The highest BCUT2D eigenvalue weighted by Gasteiger charge is 2.34. The maximum Gasteiger partial charge on any atom is 0.348 e. The summed E-state index contributed by atoms with van der Waals surface area (Å²) in [6.07, 6.45) is 3.58. The molecule has 11 nitrogen and oxygen atoms in total. The SMILES string of the molecule is COCCn1ccnc1-c1nc(N2CC[C@@H](NC(=O)c3cc(Cl)c(C)[nH]3)[C@@H](OCc3ccccc3)C2)sc1C(=O)O. The Hall–Kier alpha value is -3.71. The van der Waals surface area contributed by atoms with Gasteiger partial charge in [-0.1, -0.05) is 53.3 Å². The first-order chi connectivity index (χ1) is 19.8. The third kappa shape index (κ3) is 6.62. The van der Waals surface area contributed by atoms with Crippen molar-refractivity contribution in [1.82, 2.24) is 24.8 Å². The van der Waals surface area contributed by atoms with Crippen LogP contribution in [0.25, 0.3) is 11.5 Å². The monoisotopic (exact) mass is 598 g/mol. The average Bonchev–Trinajstić information content (AvgIpc) is 3.70. The Morgan fingerprint density at radius 1 is 1.29 bits per heavy atom. The van der Waals surface area contributed by atoms with Gasteiger partial charge < -0.3 is 34.3 Å². The van der Waals surface area contributed by atoms with Crippen molar-refractivity contribution in [1.29, 1.82) is 0 Å². The molecule has 1 fully saturated rings. The molecular formula is C28H31ClN6O5S. The molecule has 1 saturated heterocycles. The van der Waals surface area contributed by atoms with Crippen LogP contribution >= 0.6 is 22.9 Å². The number of piperidine rings is 1. The zero-order valence-electron chi connectivity index (χ0n) is 22.7. The molecule has 1 aliphatic heterocycles. The van der Waals surface area contributed by atoms with Gasteiger partial charge in [0.2, 0.25) is 0 Å². The number of ether oxygens (including phenoxy) is 2. The fourth-order valence-electron chi connectivity index (χ4n) is 4.74. The first kappa shape index (κ1) is 28.8. The molecule has 2 atom stereocenters. The molecule has 0 radical (unpaired) electrons. The number of carbonyl (C=O) groups excluding carboxylic acids is 1. The predicted molar refractivity (Wildman–Crippen MR) is 156 cm³/mol. The molecule has 1 aromatic carbocycles. The summed E-state index contributed by atoms with van der Waals surface area (Å²) in [6.45, 7) is 4.10. The van der Waals surface area contributed by atoms with Crippen molar-refractivity contribution in [2.24, 2.45) is 0 Å². The van der Waals surface area contributed by atoms with Crippen molar-refractivity contribution in [3.63, 3.8) is 0 Å². The highest BCUT2D eigenvalue weighted by Crippen LogP contribution is 2.34. The van der Waals surface area contributed by atoms with E-state index in [9.17, 15) is 14.7 Å². The second kappa shape index (κ2) is 12.9. The third-order valence-electron chi connectivity index (χ3n) is 6.92. The van der Waals surface area contributed by atoms with Gasteiger partial charge in [0.05, 0.1) is 30.4 Å². The second-order valence-electron chi connectivity index (χ2n) is 9.72. The molecule has 216 valence electrons. The van der Waals surface area contributed by atoms with E-state index in [2.05, 4.69) is 15.3 Å². The van der Waals surface area contributed by atoms with E-state index in [0.717, 1.165) is 22.6 Å². The molecule has 3 N–H and O–H groups in total. The molecule has 0 spiro atoms. The molecule has 4 aromatic rings. The summed E-state index contributed by atoms with van der Waals surface area (Å²) in [7, 11) is 1.61. The van der Waals surface area contributed by atoms with Gasteiger partial charge in [-0.05, 0) is 25.0 Å². The van der Waals surface area contributed by atoms with Crippen LogP contribution in [0.4, 0.5) is 5.13 Å². The number of H-pyrrole nitrogens is 1. The molecule has 0 aliphatic carbocycles. The van der Waals surface area contributed by atoms with E-state index in [-0.39, 0.29) is 22.9 Å². The Bertz CT molecular complexity index is 1480. The Labute approximate surface area is 246 Å². The number of nitrogens with zero attached hydrogens (tertiary/aromatic N) is 4. The fourth-order valence-corrected chi connectivity index (χ4v) is 5.83. The van der Waals surface area contributed by atoms with Gasteiger partial charge in [-0.2, -0.15) is 0 Å². The summed E-state index contributed by atoms with van der Waals surface area (Å²) in [6, 6.07) is 11.1. The van der Waals surface area contributed by atoms with Gasteiger partial charge in [-0.3, -0.25) is 4.79 Å². The molecule has 41 heavy (non-hydrogen) atoms. The lowest BCUT2D eigenvalue weighted by Crippen LogP contribution is -2.55. The van der Waals surface area contributed by atoms with Crippen molar-refractivity contribution in [3.05, 3.63) is 75.6 Å². The number of hydrogen-bond donors (Lipinski definition) is 3. The van der Waals surface area contributed by atoms with E-state index in [4.69, 9.17) is 26.1 Å². The molecular weight excluding hydrogens is 568 g/mol. The minimum atomic E-state index is -1.07. The molecule has 5 rings (SSSR count). The van der Waals surface area contributed by atoms with Crippen molar-refractivity contribution < 1.29 is 24.2 Å². The van der Waals surface area contributed by atoms with Gasteiger partial charge in [0.25, 0.3) is 5.91 Å². The van der Waals surface area contributed by atoms with Crippen molar-refractivity contribution in [2.75, 3.05) is 31.7 Å². The number of aromatic amines is 1. The Morgan fingerprint density at radius 2 is 2.10 bits per heavy atom. The van der Waals surface area contributed by atoms with Gasteiger partial charge in [0.15, 0.2) is 11.0 Å². The highest BCUT2D eigenvalue weighted by molar-refractivity contribution is 7.17. The molecule has 1 aliphatic rings. The normalized spacial score (nSPS) is 17.1. The number of hydrogen-bond acceptors (Lipinski definition) is 8. The number of nitrogens with one attached hydrogen (secondary N) is 2. The van der Waals surface area contributed by atoms with Crippen LogP contribution in [0.15, 0.2) is 48.8 Å². The number of benzene rings is 1. The summed E-state index contributed by atoms with van der Waals surface area (Å²) in [5.74, 6) is -0.857. The van der Waals surface area contributed by atoms with Crippen LogP contribution in [-0.2, 0) is 22.6 Å². The summed E-state index contributed by atoms with van der Waals surface area (Å²) in [5.41, 5.74) is 2.43. The van der Waals surface area contributed by atoms with E-state index in [1.165, 1.54) is 0 Å². The molecule has 0 unspecified atom stereocenters. The lowest BCUT2D eigenvalue weighted by atomic mass is 10.0. The third-order valence-corrected chi connectivity index (χ3v) is 8.42. The predicted octanol–water partition coefficient (Wildman–Crippen LogP) is 4.24. The smallest absolute Gasteiger partial charge is 0.348 e. The minimum absolute atomic E-state index is 0.112. The van der Waals surface area contributed by atoms with E-state index in [1.54, 1.807) is 32.5 Å². The topological polar surface area (TPSA) is 135 Å². The van der Waals surface area contributed by atoms with Gasteiger partial charge >= 0.3 is 5.97 Å². The zero-order chi connectivity index (χ0) is 28.9. The van der Waals surface area contributed by atoms with Gasteiger partial charge in [-0.15, -0.1) is 0 Å². The van der Waals surface area contributed by atoms with Gasteiger partial charge in [0, 0.05) is 44.8 Å². The number of carboxylic acids is 1. The molecule has 13 heteroatoms. The zero-order valence-corrected chi connectivity index (χ0v) is 24.2. The van der Waals surface area contributed by atoms with Crippen molar-refractivity contribution in [2.45, 2.75) is 38.6 Å². The molecule has 0 saturated carbocycles. The van der Waals surface area contributed by atoms with Gasteiger partial charge in [0.1, 0.15) is 16.3 Å². The van der Waals surface area contributed by atoms with Crippen LogP contribution in [0.2, 0.25) is 5.02 Å². The summed E-state index contributed by atoms with van der Waals surface area (Å²) >= 11 is 7.26. The molecule has 0 bridgehead atoms. The van der Waals surface area contributed by atoms with Crippen LogP contribution in [0.5, 0.6) is 0 Å². The van der Waals surface area contributed by atoms with Crippen molar-refractivity contribution in [3.8, 4) is 11.5 Å². The number of aryl methyl sites for hydroxylation is 1. The number of imidazole rings is 1.